The third kappa shape index (κ3) is 4.22. The van der Waals surface area contributed by atoms with Crippen LogP contribution in [0.4, 0.5) is 0 Å². The average molecular weight is 310 g/mol. The molecule has 122 valence electrons. The Hall–Kier alpha value is -2.09. The second-order valence-electron chi connectivity index (χ2n) is 7.57. The number of hydrogen-bond acceptors (Lipinski definition) is 2. The van der Waals surface area contributed by atoms with E-state index in [-0.39, 0.29) is 5.41 Å². The first-order chi connectivity index (χ1) is 10.7. The van der Waals surface area contributed by atoms with Gasteiger partial charge in [-0.1, -0.05) is 63.2 Å². The lowest BCUT2D eigenvalue weighted by Gasteiger charge is -2.26. The topological polar surface area (TPSA) is 26.3 Å². The van der Waals surface area contributed by atoms with Crippen molar-refractivity contribution in [3.8, 4) is 5.75 Å². The van der Waals surface area contributed by atoms with E-state index in [1.807, 2.05) is 50.2 Å². The Labute approximate surface area is 139 Å². The van der Waals surface area contributed by atoms with Crippen LogP contribution < -0.4 is 4.74 Å². The molecule has 0 aliphatic carbocycles. The van der Waals surface area contributed by atoms with Crippen molar-refractivity contribution in [2.24, 2.45) is 0 Å². The molecule has 0 aliphatic heterocycles. The van der Waals surface area contributed by atoms with Gasteiger partial charge in [0.15, 0.2) is 0 Å². The second kappa shape index (κ2) is 6.57. The van der Waals surface area contributed by atoms with E-state index in [1.165, 1.54) is 5.56 Å². The van der Waals surface area contributed by atoms with Crippen molar-refractivity contribution in [2.45, 2.75) is 52.1 Å². The molecular weight excluding hydrogens is 284 g/mol. The molecule has 0 unspecified atom stereocenters. The van der Waals surface area contributed by atoms with Gasteiger partial charge in [-0.25, -0.2) is 0 Å². The van der Waals surface area contributed by atoms with Gasteiger partial charge in [0.25, 0.3) is 0 Å². The molecule has 0 atom stereocenters. The van der Waals surface area contributed by atoms with Gasteiger partial charge >= 0.3 is 0 Å². The number of hydrogen-bond donors (Lipinski definition) is 0. The highest BCUT2D eigenvalue weighted by molar-refractivity contribution is 5.69. The Kier molecular flexibility index (Phi) is 4.93. The van der Waals surface area contributed by atoms with Gasteiger partial charge in [0.05, 0.1) is 0 Å². The summed E-state index contributed by atoms with van der Waals surface area (Å²) in [6, 6.07) is 16.2. The van der Waals surface area contributed by atoms with Crippen LogP contribution in [0.25, 0.3) is 0 Å². The van der Waals surface area contributed by atoms with Crippen LogP contribution in [0.2, 0.25) is 0 Å². The van der Waals surface area contributed by atoms with Crippen molar-refractivity contribution in [1.82, 2.24) is 0 Å². The number of aldehydes is 1. The first-order valence-electron chi connectivity index (χ1n) is 8.02. The molecule has 0 amide bonds. The van der Waals surface area contributed by atoms with Crippen LogP contribution in [0.3, 0.4) is 0 Å². The molecule has 0 bridgehead atoms. The van der Waals surface area contributed by atoms with Crippen molar-refractivity contribution < 1.29 is 9.53 Å². The first-order valence-corrected chi connectivity index (χ1v) is 8.02. The van der Waals surface area contributed by atoms with E-state index in [1.54, 1.807) is 0 Å². The highest BCUT2D eigenvalue weighted by Gasteiger charge is 2.26. The minimum absolute atomic E-state index is 0.0334. The maximum atomic E-state index is 11.6. The van der Waals surface area contributed by atoms with Gasteiger partial charge in [0.2, 0.25) is 0 Å². The van der Waals surface area contributed by atoms with Gasteiger partial charge in [0, 0.05) is 11.0 Å². The SMILES string of the molecule is CC(C)(C)c1ccc(OCc2ccccc2)c(C(C)(C)C=O)c1. The lowest BCUT2D eigenvalue weighted by Crippen LogP contribution is -2.22. The zero-order valence-electron chi connectivity index (χ0n) is 14.7. The Morgan fingerprint density at radius 1 is 0.957 bits per heavy atom. The molecule has 0 saturated heterocycles. The molecule has 2 rings (SSSR count). The van der Waals surface area contributed by atoms with E-state index in [9.17, 15) is 4.79 Å². The lowest BCUT2D eigenvalue weighted by molar-refractivity contribution is -0.111. The molecule has 0 N–H and O–H groups in total. The number of carbonyl (C=O) groups is 1. The lowest BCUT2D eigenvalue weighted by atomic mass is 9.80. The fraction of sp³-hybridized carbons (Fsp3) is 0.381. The summed E-state index contributed by atoms with van der Waals surface area (Å²) >= 11 is 0. The zero-order chi connectivity index (χ0) is 17.1. The molecule has 0 aromatic heterocycles. The normalized spacial score (nSPS) is 12.0. The number of ether oxygens (including phenoxy) is 1. The van der Waals surface area contributed by atoms with E-state index in [0.717, 1.165) is 23.2 Å². The third-order valence-electron chi connectivity index (χ3n) is 4.07. The fourth-order valence-corrected chi connectivity index (χ4v) is 2.42. The minimum atomic E-state index is -0.576. The Balaban J connectivity index is 2.36. The van der Waals surface area contributed by atoms with Gasteiger partial charge in [-0.05, 0) is 36.5 Å². The van der Waals surface area contributed by atoms with Gasteiger partial charge in [-0.2, -0.15) is 0 Å². The van der Waals surface area contributed by atoms with E-state index in [4.69, 9.17) is 4.74 Å². The Morgan fingerprint density at radius 3 is 2.17 bits per heavy atom. The first kappa shape index (κ1) is 17.3. The number of carbonyl (C=O) groups excluding carboxylic acids is 1. The molecule has 0 radical (unpaired) electrons. The van der Waals surface area contributed by atoms with Crippen molar-refractivity contribution >= 4 is 6.29 Å². The summed E-state index contributed by atoms with van der Waals surface area (Å²) in [4.78, 5) is 11.6. The molecular formula is C21H26O2. The molecule has 2 aromatic carbocycles. The van der Waals surface area contributed by atoms with Crippen LogP contribution in [0.1, 0.15) is 51.3 Å². The van der Waals surface area contributed by atoms with E-state index >= 15 is 0 Å². The molecule has 0 heterocycles. The zero-order valence-corrected chi connectivity index (χ0v) is 14.7. The molecule has 0 spiro atoms. The summed E-state index contributed by atoms with van der Waals surface area (Å²) < 4.78 is 6.02. The van der Waals surface area contributed by atoms with Crippen LogP contribution in [-0.4, -0.2) is 6.29 Å². The van der Waals surface area contributed by atoms with Gasteiger partial charge in [-0.3, -0.25) is 0 Å². The quantitative estimate of drug-likeness (QED) is 0.723. The van der Waals surface area contributed by atoms with Gasteiger partial charge in [0.1, 0.15) is 18.6 Å². The van der Waals surface area contributed by atoms with Gasteiger partial charge in [-0.15, -0.1) is 0 Å². The molecule has 23 heavy (non-hydrogen) atoms. The molecule has 2 nitrogen and oxygen atoms in total. The maximum Gasteiger partial charge on any atom is 0.130 e. The highest BCUT2D eigenvalue weighted by Crippen LogP contribution is 2.35. The fourth-order valence-electron chi connectivity index (χ4n) is 2.42. The summed E-state index contributed by atoms with van der Waals surface area (Å²) in [7, 11) is 0. The predicted octanol–water partition coefficient (Wildman–Crippen LogP) is 5.04. The number of rotatable bonds is 5. The summed E-state index contributed by atoms with van der Waals surface area (Å²) in [5.74, 6) is 0.777. The van der Waals surface area contributed by atoms with E-state index < -0.39 is 5.41 Å². The second-order valence-corrected chi connectivity index (χ2v) is 7.57. The van der Waals surface area contributed by atoms with Crippen LogP contribution in [-0.2, 0) is 22.2 Å². The summed E-state index contributed by atoms with van der Waals surface area (Å²) in [5, 5.41) is 0. The minimum Gasteiger partial charge on any atom is -0.489 e. The van der Waals surface area contributed by atoms with Crippen molar-refractivity contribution in [1.29, 1.82) is 0 Å². The maximum absolute atomic E-state index is 11.6. The van der Waals surface area contributed by atoms with Crippen LogP contribution in [0.5, 0.6) is 5.75 Å². The van der Waals surface area contributed by atoms with Gasteiger partial charge < -0.3 is 9.53 Å². The van der Waals surface area contributed by atoms with Crippen molar-refractivity contribution in [3.05, 3.63) is 65.2 Å². The number of benzene rings is 2. The smallest absolute Gasteiger partial charge is 0.130 e. The average Bonchev–Trinajstić information content (AvgIpc) is 2.53. The summed E-state index contributed by atoms with van der Waals surface area (Å²) in [6.07, 6.45) is 0.990. The van der Waals surface area contributed by atoms with Crippen LogP contribution in [0.15, 0.2) is 48.5 Å². The largest absolute Gasteiger partial charge is 0.489 e. The standard InChI is InChI=1S/C21H26O2/c1-20(2,3)17-11-12-19(18(13-17)21(4,5)15-22)23-14-16-9-7-6-8-10-16/h6-13,15H,14H2,1-5H3. The predicted molar refractivity (Wildman–Crippen MR) is 95.0 cm³/mol. The van der Waals surface area contributed by atoms with Crippen LogP contribution in [0, 0.1) is 0 Å². The summed E-state index contributed by atoms with van der Waals surface area (Å²) in [6.45, 7) is 10.9. The van der Waals surface area contributed by atoms with Crippen LogP contribution >= 0.6 is 0 Å². The molecule has 0 aliphatic rings. The Morgan fingerprint density at radius 2 is 1.61 bits per heavy atom. The van der Waals surface area contributed by atoms with E-state index in [0.29, 0.717) is 6.61 Å². The monoisotopic (exact) mass is 310 g/mol. The molecule has 2 heteroatoms. The summed E-state index contributed by atoms with van der Waals surface area (Å²) in [5.41, 5.74) is 2.71. The van der Waals surface area contributed by atoms with Crippen molar-refractivity contribution in [2.75, 3.05) is 0 Å². The Bertz CT molecular complexity index is 664. The molecule has 2 aromatic rings. The molecule has 0 fully saturated rings. The third-order valence-corrected chi connectivity index (χ3v) is 4.07. The highest BCUT2D eigenvalue weighted by atomic mass is 16.5. The van der Waals surface area contributed by atoms with Crippen molar-refractivity contribution in [3.63, 3.8) is 0 Å². The van der Waals surface area contributed by atoms with E-state index in [2.05, 4.69) is 32.9 Å². The molecule has 0 saturated carbocycles.